The number of ether oxygens (including phenoxy) is 1. The van der Waals surface area contributed by atoms with E-state index in [-0.39, 0.29) is 11.1 Å². The molecule has 1 fully saturated rings. The van der Waals surface area contributed by atoms with Crippen LogP contribution in [0.3, 0.4) is 0 Å². The molecule has 118 valence electrons. The van der Waals surface area contributed by atoms with Crippen LogP contribution < -0.4 is 5.32 Å². The molecule has 0 radical (unpaired) electrons. The van der Waals surface area contributed by atoms with E-state index in [1.807, 2.05) is 13.0 Å². The first kappa shape index (κ1) is 16.4. The quantitative estimate of drug-likeness (QED) is 0.736. The molecule has 1 aliphatic rings. The fourth-order valence-electron chi connectivity index (χ4n) is 2.10. The molecule has 0 saturated heterocycles. The van der Waals surface area contributed by atoms with E-state index in [0.717, 1.165) is 24.9 Å². The summed E-state index contributed by atoms with van der Waals surface area (Å²) in [5, 5.41) is 3.30. The number of methoxy groups -OCH3 is 1. The maximum absolute atomic E-state index is 12.6. The first-order chi connectivity index (χ1) is 10.1. The molecule has 1 aromatic heterocycles. The van der Waals surface area contributed by atoms with E-state index in [1.165, 1.54) is 4.31 Å². The Balaban J connectivity index is 2.13. The Morgan fingerprint density at radius 1 is 1.43 bits per heavy atom. The SMILES string of the molecule is CCNCc1ccc(S(=O)(=O)N(CCOC)C2CC2)nc1. The maximum Gasteiger partial charge on any atom is 0.260 e. The third kappa shape index (κ3) is 4.23. The molecule has 1 aliphatic carbocycles. The van der Waals surface area contributed by atoms with Gasteiger partial charge in [0.2, 0.25) is 0 Å². The minimum atomic E-state index is -3.53. The molecule has 0 bridgehead atoms. The van der Waals surface area contributed by atoms with E-state index in [9.17, 15) is 8.42 Å². The first-order valence-electron chi connectivity index (χ1n) is 7.26. The number of nitrogens with one attached hydrogen (secondary N) is 1. The summed E-state index contributed by atoms with van der Waals surface area (Å²) < 4.78 is 31.8. The Kier molecular flexibility index (Phi) is 5.69. The smallest absolute Gasteiger partial charge is 0.260 e. The molecule has 2 rings (SSSR count). The third-order valence-electron chi connectivity index (χ3n) is 3.42. The van der Waals surface area contributed by atoms with Crippen LogP contribution >= 0.6 is 0 Å². The summed E-state index contributed by atoms with van der Waals surface area (Å²) in [7, 11) is -1.95. The molecule has 1 N–H and O–H groups in total. The molecule has 0 aromatic carbocycles. The molecule has 1 heterocycles. The van der Waals surface area contributed by atoms with E-state index < -0.39 is 10.0 Å². The lowest BCUT2D eigenvalue weighted by Gasteiger charge is -2.20. The Morgan fingerprint density at radius 2 is 2.19 bits per heavy atom. The monoisotopic (exact) mass is 313 g/mol. The standard InChI is InChI=1S/C14H23N3O3S/c1-3-15-10-12-4-7-14(16-11-12)21(18,19)17(8-9-20-2)13-5-6-13/h4,7,11,13,15H,3,5-6,8-10H2,1-2H3. The molecule has 7 heteroatoms. The van der Waals surface area contributed by atoms with E-state index in [1.54, 1.807) is 19.4 Å². The second kappa shape index (κ2) is 7.31. The van der Waals surface area contributed by atoms with Crippen LogP contribution in [0.5, 0.6) is 0 Å². The van der Waals surface area contributed by atoms with Crippen molar-refractivity contribution in [1.82, 2.24) is 14.6 Å². The van der Waals surface area contributed by atoms with Crippen LogP contribution in [0.25, 0.3) is 0 Å². The van der Waals surface area contributed by atoms with Gasteiger partial charge in [-0.1, -0.05) is 13.0 Å². The van der Waals surface area contributed by atoms with E-state index in [2.05, 4.69) is 10.3 Å². The normalized spacial score (nSPS) is 15.6. The van der Waals surface area contributed by atoms with E-state index >= 15 is 0 Å². The highest BCUT2D eigenvalue weighted by Crippen LogP contribution is 2.31. The van der Waals surface area contributed by atoms with Crippen molar-refractivity contribution in [2.75, 3.05) is 26.8 Å². The van der Waals surface area contributed by atoms with Crippen LogP contribution in [-0.2, 0) is 21.3 Å². The molecular formula is C14H23N3O3S. The molecule has 6 nitrogen and oxygen atoms in total. The van der Waals surface area contributed by atoms with E-state index in [0.29, 0.717) is 19.7 Å². The van der Waals surface area contributed by atoms with Gasteiger partial charge in [-0.3, -0.25) is 0 Å². The average molecular weight is 313 g/mol. The molecule has 0 spiro atoms. The van der Waals surface area contributed by atoms with Crippen LogP contribution in [0.15, 0.2) is 23.4 Å². The Morgan fingerprint density at radius 3 is 2.71 bits per heavy atom. The van der Waals surface area contributed by atoms with Crippen molar-refractivity contribution >= 4 is 10.0 Å². The van der Waals surface area contributed by atoms with Crippen molar-refractivity contribution in [2.45, 2.75) is 37.4 Å². The van der Waals surface area contributed by atoms with Gasteiger partial charge in [-0.05, 0) is 31.0 Å². The molecule has 1 saturated carbocycles. The lowest BCUT2D eigenvalue weighted by molar-refractivity contribution is 0.177. The fraction of sp³-hybridized carbons (Fsp3) is 0.643. The minimum absolute atomic E-state index is 0.105. The van der Waals surface area contributed by atoms with Gasteiger partial charge in [-0.25, -0.2) is 13.4 Å². The number of pyridine rings is 1. The van der Waals surface area contributed by atoms with Gasteiger partial charge < -0.3 is 10.1 Å². The fourth-order valence-corrected chi connectivity index (χ4v) is 3.68. The van der Waals surface area contributed by atoms with Gasteiger partial charge >= 0.3 is 0 Å². The summed E-state index contributed by atoms with van der Waals surface area (Å²) in [6, 6.07) is 3.50. The van der Waals surface area contributed by atoms with Gasteiger partial charge in [0.25, 0.3) is 10.0 Å². The summed E-state index contributed by atoms with van der Waals surface area (Å²) in [5.74, 6) is 0. The number of aromatic nitrogens is 1. The summed E-state index contributed by atoms with van der Waals surface area (Å²) in [4.78, 5) is 4.13. The van der Waals surface area contributed by atoms with Crippen molar-refractivity contribution < 1.29 is 13.2 Å². The highest BCUT2D eigenvalue weighted by atomic mass is 32.2. The first-order valence-corrected chi connectivity index (χ1v) is 8.70. The van der Waals surface area contributed by atoms with Crippen LogP contribution in [0, 0.1) is 0 Å². The highest BCUT2D eigenvalue weighted by Gasteiger charge is 2.38. The number of nitrogens with zero attached hydrogens (tertiary/aromatic N) is 2. The van der Waals surface area contributed by atoms with Gasteiger partial charge in [-0.2, -0.15) is 4.31 Å². The van der Waals surface area contributed by atoms with Gasteiger partial charge in [0.15, 0.2) is 5.03 Å². The Hall–Kier alpha value is -1.02. The van der Waals surface area contributed by atoms with Gasteiger partial charge in [-0.15, -0.1) is 0 Å². The van der Waals surface area contributed by atoms with Crippen molar-refractivity contribution in [3.63, 3.8) is 0 Å². The predicted octanol–water partition coefficient (Wildman–Crippen LogP) is 0.991. The number of rotatable bonds is 9. The topological polar surface area (TPSA) is 71.5 Å². The lowest BCUT2D eigenvalue weighted by atomic mass is 10.3. The zero-order valence-corrected chi connectivity index (χ0v) is 13.4. The average Bonchev–Trinajstić information content (AvgIpc) is 3.30. The predicted molar refractivity (Wildman–Crippen MR) is 80.4 cm³/mol. The van der Waals surface area contributed by atoms with Crippen LogP contribution in [0.2, 0.25) is 0 Å². The molecule has 0 unspecified atom stereocenters. The highest BCUT2D eigenvalue weighted by molar-refractivity contribution is 7.89. The van der Waals surface area contributed by atoms with Crippen LogP contribution in [0.1, 0.15) is 25.3 Å². The summed E-state index contributed by atoms with van der Waals surface area (Å²) in [6.07, 6.45) is 3.46. The molecule has 21 heavy (non-hydrogen) atoms. The maximum atomic E-state index is 12.6. The molecule has 1 aromatic rings. The van der Waals surface area contributed by atoms with Crippen LogP contribution in [-0.4, -0.2) is 50.6 Å². The van der Waals surface area contributed by atoms with Crippen molar-refractivity contribution in [1.29, 1.82) is 0 Å². The summed E-state index contributed by atoms with van der Waals surface area (Å²) in [6.45, 7) is 4.36. The largest absolute Gasteiger partial charge is 0.383 e. The molecular weight excluding hydrogens is 290 g/mol. The van der Waals surface area contributed by atoms with Gasteiger partial charge in [0, 0.05) is 32.4 Å². The summed E-state index contributed by atoms with van der Waals surface area (Å²) >= 11 is 0. The second-order valence-corrected chi connectivity index (χ2v) is 6.96. The lowest BCUT2D eigenvalue weighted by Crippen LogP contribution is -2.36. The zero-order valence-electron chi connectivity index (χ0n) is 12.6. The Labute approximate surface area is 126 Å². The Bertz CT molecular complexity index is 541. The third-order valence-corrected chi connectivity index (χ3v) is 5.29. The van der Waals surface area contributed by atoms with Crippen molar-refractivity contribution in [3.8, 4) is 0 Å². The zero-order chi connectivity index (χ0) is 15.3. The van der Waals surface area contributed by atoms with E-state index in [4.69, 9.17) is 4.74 Å². The van der Waals surface area contributed by atoms with Crippen LogP contribution in [0.4, 0.5) is 0 Å². The second-order valence-electron chi connectivity index (χ2n) is 5.12. The number of hydrogen-bond acceptors (Lipinski definition) is 5. The molecule has 0 aliphatic heterocycles. The van der Waals surface area contributed by atoms with Crippen molar-refractivity contribution in [3.05, 3.63) is 23.9 Å². The minimum Gasteiger partial charge on any atom is -0.383 e. The molecule has 0 amide bonds. The van der Waals surface area contributed by atoms with Gasteiger partial charge in [0.05, 0.1) is 6.61 Å². The van der Waals surface area contributed by atoms with Gasteiger partial charge in [0.1, 0.15) is 0 Å². The molecule has 0 atom stereocenters. The summed E-state index contributed by atoms with van der Waals surface area (Å²) in [5.41, 5.74) is 0.977. The van der Waals surface area contributed by atoms with Crippen molar-refractivity contribution in [2.24, 2.45) is 0 Å². The number of sulfonamides is 1. The number of hydrogen-bond donors (Lipinski definition) is 1.